The summed E-state index contributed by atoms with van der Waals surface area (Å²) in [5.74, 6) is 1.27. The molecule has 0 aliphatic heterocycles. The summed E-state index contributed by atoms with van der Waals surface area (Å²) in [7, 11) is 0. The zero-order valence-electron chi connectivity index (χ0n) is 11.5. The lowest BCUT2D eigenvalue weighted by Crippen LogP contribution is -2.35. The molecule has 0 bridgehead atoms. The molecule has 18 heavy (non-hydrogen) atoms. The Hall–Kier alpha value is -0.180. The molecule has 2 aliphatic rings. The molecule has 0 unspecified atom stereocenters. The van der Waals surface area contributed by atoms with E-state index >= 15 is 0 Å². The van der Waals surface area contributed by atoms with Gasteiger partial charge in [0, 0.05) is 0 Å². The molecule has 2 nitrogen and oxygen atoms in total. The number of carbonyl (C=O) groups excluding carboxylic acids is 1. The average molecular weight is 270 g/mol. The van der Waals surface area contributed by atoms with Crippen molar-refractivity contribution in [2.75, 3.05) is 6.26 Å². The van der Waals surface area contributed by atoms with Gasteiger partial charge in [0.2, 0.25) is 0 Å². The van der Waals surface area contributed by atoms with Gasteiger partial charge in [-0.2, -0.15) is 0 Å². The standard InChI is InChI=1S/C15H26O2S/c1-18-15(16)17-14(12-8-4-2-5-9-12)13-10-6-3-7-11-13/h12-14H,2-11H2,1H3. The monoisotopic (exact) mass is 270 g/mol. The van der Waals surface area contributed by atoms with E-state index in [0.29, 0.717) is 11.8 Å². The number of thioether (sulfide) groups is 1. The van der Waals surface area contributed by atoms with Crippen LogP contribution in [0.2, 0.25) is 0 Å². The molecule has 0 spiro atoms. The summed E-state index contributed by atoms with van der Waals surface area (Å²) in [6.07, 6.45) is 15.1. The van der Waals surface area contributed by atoms with Crippen LogP contribution in [0.25, 0.3) is 0 Å². The first-order valence-electron chi connectivity index (χ1n) is 7.56. The molecule has 2 fully saturated rings. The molecule has 0 atom stereocenters. The summed E-state index contributed by atoms with van der Waals surface area (Å²) in [5.41, 5.74) is 0. The second-order valence-corrected chi connectivity index (χ2v) is 6.57. The Balaban J connectivity index is 1.97. The lowest BCUT2D eigenvalue weighted by molar-refractivity contribution is 0.0113. The van der Waals surface area contributed by atoms with Crippen molar-refractivity contribution in [1.82, 2.24) is 0 Å². The predicted octanol–water partition coefficient (Wildman–Crippen LogP) is 5.02. The SMILES string of the molecule is CSC(=O)OC(C1CCCCC1)C1CCCCC1. The largest absolute Gasteiger partial charge is 0.454 e. The molecular weight excluding hydrogens is 244 g/mol. The van der Waals surface area contributed by atoms with E-state index in [9.17, 15) is 4.79 Å². The van der Waals surface area contributed by atoms with Crippen molar-refractivity contribution in [3.63, 3.8) is 0 Å². The quantitative estimate of drug-likeness (QED) is 0.674. The Kier molecular flexibility index (Phi) is 5.87. The van der Waals surface area contributed by atoms with Crippen molar-refractivity contribution in [3.8, 4) is 0 Å². The van der Waals surface area contributed by atoms with E-state index in [1.165, 1.54) is 76.0 Å². The van der Waals surface area contributed by atoms with Crippen molar-refractivity contribution in [2.24, 2.45) is 11.8 Å². The van der Waals surface area contributed by atoms with Crippen LogP contribution in [-0.4, -0.2) is 17.7 Å². The Morgan fingerprint density at radius 2 is 1.39 bits per heavy atom. The van der Waals surface area contributed by atoms with Crippen molar-refractivity contribution < 1.29 is 9.53 Å². The summed E-state index contributed by atoms with van der Waals surface area (Å²) in [6.45, 7) is 0. The lowest BCUT2D eigenvalue weighted by atomic mass is 9.75. The maximum atomic E-state index is 11.6. The lowest BCUT2D eigenvalue weighted by Gasteiger charge is -2.36. The number of hydrogen-bond donors (Lipinski definition) is 0. The van der Waals surface area contributed by atoms with E-state index < -0.39 is 0 Å². The Bertz CT molecular complexity index is 237. The second kappa shape index (κ2) is 7.42. The number of hydrogen-bond acceptors (Lipinski definition) is 3. The highest BCUT2D eigenvalue weighted by atomic mass is 32.2. The smallest absolute Gasteiger partial charge is 0.367 e. The Labute approximate surface area is 115 Å². The number of ether oxygens (including phenoxy) is 1. The second-order valence-electron chi connectivity index (χ2n) is 5.83. The molecular formula is C15H26O2S. The summed E-state index contributed by atoms with van der Waals surface area (Å²) < 4.78 is 5.80. The molecule has 0 saturated heterocycles. The molecule has 2 aliphatic carbocycles. The topological polar surface area (TPSA) is 26.3 Å². The molecule has 0 N–H and O–H groups in total. The average Bonchev–Trinajstić information content (AvgIpc) is 2.46. The van der Waals surface area contributed by atoms with Crippen molar-refractivity contribution in [1.29, 1.82) is 0 Å². The molecule has 0 amide bonds. The maximum Gasteiger partial charge on any atom is 0.367 e. The van der Waals surface area contributed by atoms with Crippen LogP contribution >= 0.6 is 11.8 Å². The molecule has 2 rings (SSSR count). The summed E-state index contributed by atoms with van der Waals surface area (Å²) in [5, 5.41) is -0.0730. The minimum Gasteiger partial charge on any atom is -0.454 e. The van der Waals surface area contributed by atoms with E-state index in [2.05, 4.69) is 0 Å². The molecule has 0 heterocycles. The van der Waals surface area contributed by atoms with Gasteiger partial charge in [-0.3, -0.25) is 0 Å². The van der Waals surface area contributed by atoms with Gasteiger partial charge < -0.3 is 4.74 Å². The normalized spacial score (nSPS) is 23.2. The zero-order valence-corrected chi connectivity index (χ0v) is 12.3. The first kappa shape index (κ1) is 14.2. The molecule has 104 valence electrons. The first-order chi connectivity index (χ1) is 8.81. The van der Waals surface area contributed by atoms with Crippen molar-refractivity contribution in [3.05, 3.63) is 0 Å². The highest BCUT2D eigenvalue weighted by Gasteiger charge is 2.34. The highest BCUT2D eigenvalue weighted by Crippen LogP contribution is 2.37. The van der Waals surface area contributed by atoms with Gasteiger partial charge in [0.05, 0.1) is 0 Å². The third kappa shape index (κ3) is 3.91. The van der Waals surface area contributed by atoms with E-state index in [0.717, 1.165) is 0 Å². The Morgan fingerprint density at radius 1 is 0.944 bits per heavy atom. The summed E-state index contributed by atoms with van der Waals surface area (Å²) in [6, 6.07) is 0. The molecule has 0 aromatic carbocycles. The third-order valence-corrected chi connectivity index (χ3v) is 5.06. The van der Waals surface area contributed by atoms with E-state index in [4.69, 9.17) is 4.74 Å². The van der Waals surface area contributed by atoms with Crippen LogP contribution in [0.4, 0.5) is 4.79 Å². The fourth-order valence-electron chi connectivity index (χ4n) is 3.66. The number of carbonyl (C=O) groups is 1. The Morgan fingerprint density at radius 3 is 1.78 bits per heavy atom. The van der Waals surface area contributed by atoms with Crippen LogP contribution in [-0.2, 0) is 4.74 Å². The van der Waals surface area contributed by atoms with Crippen LogP contribution in [0, 0.1) is 11.8 Å². The van der Waals surface area contributed by atoms with Crippen LogP contribution in [0.1, 0.15) is 64.2 Å². The molecule has 0 aromatic heterocycles. The summed E-state index contributed by atoms with van der Waals surface area (Å²) in [4.78, 5) is 11.6. The first-order valence-corrected chi connectivity index (χ1v) is 8.78. The van der Waals surface area contributed by atoms with Gasteiger partial charge in [0.1, 0.15) is 6.10 Å². The zero-order chi connectivity index (χ0) is 12.8. The molecule has 2 saturated carbocycles. The maximum absolute atomic E-state index is 11.6. The van der Waals surface area contributed by atoms with Crippen LogP contribution < -0.4 is 0 Å². The fraction of sp³-hybridized carbons (Fsp3) is 0.933. The van der Waals surface area contributed by atoms with Gasteiger partial charge in [-0.05, 0) is 55.5 Å². The van der Waals surface area contributed by atoms with E-state index in [1.54, 1.807) is 0 Å². The van der Waals surface area contributed by atoms with Gasteiger partial charge in [0.25, 0.3) is 0 Å². The van der Waals surface area contributed by atoms with Crippen molar-refractivity contribution in [2.45, 2.75) is 70.3 Å². The molecule has 0 aromatic rings. The van der Waals surface area contributed by atoms with Crippen LogP contribution in [0.5, 0.6) is 0 Å². The van der Waals surface area contributed by atoms with Crippen LogP contribution in [0.3, 0.4) is 0 Å². The van der Waals surface area contributed by atoms with Crippen LogP contribution in [0.15, 0.2) is 0 Å². The molecule has 0 radical (unpaired) electrons. The van der Waals surface area contributed by atoms with Crippen molar-refractivity contribution >= 4 is 17.1 Å². The van der Waals surface area contributed by atoms with Gasteiger partial charge in [-0.1, -0.05) is 38.5 Å². The summed E-state index contributed by atoms with van der Waals surface area (Å²) >= 11 is 1.22. The van der Waals surface area contributed by atoms with Gasteiger partial charge in [-0.25, -0.2) is 4.79 Å². The minimum atomic E-state index is -0.0730. The van der Waals surface area contributed by atoms with E-state index in [-0.39, 0.29) is 11.4 Å². The van der Waals surface area contributed by atoms with Gasteiger partial charge in [0.15, 0.2) is 0 Å². The predicted molar refractivity (Wildman–Crippen MR) is 76.9 cm³/mol. The third-order valence-electron chi connectivity index (χ3n) is 4.63. The highest BCUT2D eigenvalue weighted by molar-refractivity contribution is 8.12. The van der Waals surface area contributed by atoms with Gasteiger partial charge >= 0.3 is 5.30 Å². The van der Waals surface area contributed by atoms with E-state index in [1.807, 2.05) is 6.26 Å². The fourth-order valence-corrected chi connectivity index (χ4v) is 3.87. The van der Waals surface area contributed by atoms with Gasteiger partial charge in [-0.15, -0.1) is 0 Å². The number of rotatable bonds is 3. The minimum absolute atomic E-state index is 0.0730. The molecule has 3 heteroatoms.